The predicted molar refractivity (Wildman–Crippen MR) is 63.6 cm³/mol. The Morgan fingerprint density at radius 1 is 1.40 bits per heavy atom. The van der Waals surface area contributed by atoms with Crippen LogP contribution in [0.5, 0.6) is 0 Å². The zero-order valence-corrected chi connectivity index (χ0v) is 10.8. The number of hydrogen-bond acceptors (Lipinski definition) is 1. The van der Waals surface area contributed by atoms with E-state index >= 15 is 0 Å². The summed E-state index contributed by atoms with van der Waals surface area (Å²) in [5.74, 6) is 0.932. The summed E-state index contributed by atoms with van der Waals surface area (Å²) in [6.45, 7) is 11.1. The fraction of sp³-hybridized carbons (Fsp3) is 0.923. The quantitative estimate of drug-likeness (QED) is 0.760. The molecule has 88 valence electrons. The monoisotopic (exact) mass is 211 g/mol. The van der Waals surface area contributed by atoms with Crippen molar-refractivity contribution in [2.24, 2.45) is 11.3 Å². The largest absolute Gasteiger partial charge is 0.351 e. The third-order valence-corrected chi connectivity index (χ3v) is 4.39. The Hall–Kier alpha value is -0.530. The molecule has 1 saturated heterocycles. The van der Waals surface area contributed by atoms with Crippen molar-refractivity contribution < 1.29 is 4.79 Å². The van der Waals surface area contributed by atoms with Crippen LogP contribution in [0.1, 0.15) is 60.3 Å². The van der Waals surface area contributed by atoms with Gasteiger partial charge in [0.25, 0.3) is 0 Å². The highest BCUT2D eigenvalue weighted by Crippen LogP contribution is 2.47. The third kappa shape index (κ3) is 2.19. The zero-order valence-electron chi connectivity index (χ0n) is 10.8. The van der Waals surface area contributed by atoms with E-state index in [9.17, 15) is 4.79 Å². The van der Waals surface area contributed by atoms with E-state index in [1.807, 2.05) is 0 Å². The summed E-state index contributed by atoms with van der Waals surface area (Å²) in [6, 6.07) is 0. The van der Waals surface area contributed by atoms with Crippen molar-refractivity contribution in [3.63, 3.8) is 0 Å². The van der Waals surface area contributed by atoms with Gasteiger partial charge in [-0.25, -0.2) is 0 Å². The standard InChI is InChI=1S/C13H25NO/c1-6-10(3)8-13(7-2)9-11(15)14-12(13,4)5/h10H,6-9H2,1-5H3,(H,14,15). The first-order valence-electron chi connectivity index (χ1n) is 6.18. The first-order valence-corrected chi connectivity index (χ1v) is 6.18. The van der Waals surface area contributed by atoms with Gasteiger partial charge in [-0.3, -0.25) is 4.79 Å². The zero-order chi connectivity index (χ0) is 11.7. The lowest BCUT2D eigenvalue weighted by molar-refractivity contribution is -0.120. The van der Waals surface area contributed by atoms with Crippen molar-refractivity contribution >= 4 is 5.91 Å². The van der Waals surface area contributed by atoms with Gasteiger partial charge in [0.05, 0.1) is 0 Å². The van der Waals surface area contributed by atoms with Gasteiger partial charge in [-0.05, 0) is 32.6 Å². The predicted octanol–water partition coefficient (Wildman–Crippen LogP) is 3.12. The third-order valence-electron chi connectivity index (χ3n) is 4.39. The van der Waals surface area contributed by atoms with Crippen LogP contribution in [0.3, 0.4) is 0 Å². The minimum Gasteiger partial charge on any atom is -0.351 e. The van der Waals surface area contributed by atoms with Gasteiger partial charge >= 0.3 is 0 Å². The smallest absolute Gasteiger partial charge is 0.221 e. The van der Waals surface area contributed by atoms with E-state index in [2.05, 4.69) is 39.9 Å². The van der Waals surface area contributed by atoms with E-state index in [4.69, 9.17) is 0 Å². The summed E-state index contributed by atoms with van der Waals surface area (Å²) < 4.78 is 0. The van der Waals surface area contributed by atoms with Gasteiger partial charge in [0.15, 0.2) is 0 Å². The highest BCUT2D eigenvalue weighted by molar-refractivity contribution is 5.80. The number of nitrogens with one attached hydrogen (secondary N) is 1. The molecule has 15 heavy (non-hydrogen) atoms. The Morgan fingerprint density at radius 3 is 2.33 bits per heavy atom. The highest BCUT2D eigenvalue weighted by Gasteiger charge is 2.51. The SMILES string of the molecule is CCC(C)CC1(CC)CC(=O)NC1(C)C. The van der Waals surface area contributed by atoms with Gasteiger partial charge < -0.3 is 5.32 Å². The second kappa shape index (κ2) is 4.15. The maximum absolute atomic E-state index is 11.6. The lowest BCUT2D eigenvalue weighted by Crippen LogP contribution is -2.47. The van der Waals surface area contributed by atoms with Gasteiger partial charge in [0.2, 0.25) is 5.91 Å². The summed E-state index contributed by atoms with van der Waals surface area (Å²) in [6.07, 6.45) is 4.15. The summed E-state index contributed by atoms with van der Waals surface area (Å²) >= 11 is 0. The molecule has 0 radical (unpaired) electrons. The Morgan fingerprint density at radius 2 is 2.00 bits per heavy atom. The fourth-order valence-electron chi connectivity index (χ4n) is 2.90. The molecule has 0 bridgehead atoms. The topological polar surface area (TPSA) is 29.1 Å². The van der Waals surface area contributed by atoms with E-state index in [0.717, 1.165) is 12.8 Å². The molecule has 0 aliphatic carbocycles. The molecule has 2 atom stereocenters. The second-order valence-corrected chi connectivity index (χ2v) is 5.70. The molecule has 0 saturated carbocycles. The van der Waals surface area contributed by atoms with E-state index in [1.165, 1.54) is 6.42 Å². The van der Waals surface area contributed by atoms with Crippen molar-refractivity contribution in [3.05, 3.63) is 0 Å². The van der Waals surface area contributed by atoms with Crippen LogP contribution < -0.4 is 5.32 Å². The number of carbonyl (C=O) groups is 1. The molecule has 1 aliphatic heterocycles. The van der Waals surface area contributed by atoms with Crippen molar-refractivity contribution in [2.75, 3.05) is 0 Å². The second-order valence-electron chi connectivity index (χ2n) is 5.70. The van der Waals surface area contributed by atoms with Crippen molar-refractivity contribution in [2.45, 2.75) is 65.8 Å². The summed E-state index contributed by atoms with van der Waals surface area (Å²) in [7, 11) is 0. The van der Waals surface area contributed by atoms with Gasteiger partial charge in [-0.1, -0.05) is 27.2 Å². The molecule has 0 aromatic heterocycles. The summed E-state index contributed by atoms with van der Waals surface area (Å²) in [5.41, 5.74) is 0.127. The van der Waals surface area contributed by atoms with Gasteiger partial charge in [0, 0.05) is 17.4 Å². The number of amides is 1. The molecule has 1 aliphatic rings. The molecule has 1 amide bonds. The maximum Gasteiger partial charge on any atom is 0.221 e. The average molecular weight is 211 g/mol. The molecule has 0 aromatic rings. The van der Waals surface area contributed by atoms with Gasteiger partial charge in [-0.2, -0.15) is 0 Å². The first kappa shape index (κ1) is 12.5. The molecule has 2 unspecified atom stereocenters. The van der Waals surface area contributed by atoms with Gasteiger partial charge in [0.1, 0.15) is 0 Å². The lowest BCUT2D eigenvalue weighted by Gasteiger charge is -2.41. The Labute approximate surface area is 93.8 Å². The Bertz CT molecular complexity index is 247. The molecular weight excluding hydrogens is 186 g/mol. The molecule has 1 heterocycles. The minimum atomic E-state index is -0.0394. The van der Waals surface area contributed by atoms with Crippen LogP contribution in [0, 0.1) is 11.3 Å². The Kier molecular flexibility index (Phi) is 3.47. The van der Waals surface area contributed by atoms with Crippen LogP contribution in [-0.4, -0.2) is 11.4 Å². The molecule has 2 heteroatoms. The Balaban J connectivity index is 2.88. The lowest BCUT2D eigenvalue weighted by atomic mass is 9.65. The van der Waals surface area contributed by atoms with Crippen molar-refractivity contribution in [3.8, 4) is 0 Å². The average Bonchev–Trinajstić information content (AvgIpc) is 2.36. The molecule has 1 N–H and O–H groups in total. The molecule has 2 nitrogen and oxygen atoms in total. The van der Waals surface area contributed by atoms with E-state index in [-0.39, 0.29) is 16.9 Å². The maximum atomic E-state index is 11.6. The van der Waals surface area contributed by atoms with Crippen LogP contribution in [0.2, 0.25) is 0 Å². The van der Waals surface area contributed by atoms with Crippen LogP contribution in [0.15, 0.2) is 0 Å². The van der Waals surface area contributed by atoms with Crippen LogP contribution >= 0.6 is 0 Å². The van der Waals surface area contributed by atoms with E-state index in [0.29, 0.717) is 12.3 Å². The first-order chi connectivity index (χ1) is 6.87. The molecule has 0 spiro atoms. The molecular formula is C13H25NO. The van der Waals surface area contributed by atoms with Crippen LogP contribution in [0.4, 0.5) is 0 Å². The summed E-state index contributed by atoms with van der Waals surface area (Å²) in [5, 5.41) is 3.13. The molecule has 1 rings (SSSR count). The van der Waals surface area contributed by atoms with Crippen LogP contribution in [0.25, 0.3) is 0 Å². The fourth-order valence-corrected chi connectivity index (χ4v) is 2.90. The van der Waals surface area contributed by atoms with Crippen molar-refractivity contribution in [1.82, 2.24) is 5.32 Å². The normalized spacial score (nSPS) is 31.4. The number of rotatable bonds is 4. The van der Waals surface area contributed by atoms with Crippen LogP contribution in [-0.2, 0) is 4.79 Å². The number of carbonyl (C=O) groups excluding carboxylic acids is 1. The molecule has 0 aromatic carbocycles. The summed E-state index contributed by atoms with van der Waals surface area (Å²) in [4.78, 5) is 11.6. The molecule has 1 fully saturated rings. The van der Waals surface area contributed by atoms with E-state index in [1.54, 1.807) is 0 Å². The van der Waals surface area contributed by atoms with E-state index < -0.39 is 0 Å². The highest BCUT2D eigenvalue weighted by atomic mass is 16.2. The van der Waals surface area contributed by atoms with Gasteiger partial charge in [-0.15, -0.1) is 0 Å². The van der Waals surface area contributed by atoms with Crippen molar-refractivity contribution in [1.29, 1.82) is 0 Å². The number of hydrogen-bond donors (Lipinski definition) is 1. The minimum absolute atomic E-state index is 0.0394.